The van der Waals surface area contributed by atoms with Crippen LogP contribution in [0.4, 0.5) is 0 Å². The van der Waals surface area contributed by atoms with Crippen LogP contribution in [0.15, 0.2) is 72.9 Å². The molecule has 0 saturated carbocycles. The number of allylic oxidation sites excluding steroid dienone is 12. The summed E-state index contributed by atoms with van der Waals surface area (Å²) >= 11 is 0. The summed E-state index contributed by atoms with van der Waals surface area (Å²) in [5.74, 6) is -0.961. The topological polar surface area (TPSA) is 78.9 Å². The predicted octanol–water partition coefficient (Wildman–Crippen LogP) is 19.0. The van der Waals surface area contributed by atoms with Gasteiger partial charge < -0.3 is 14.2 Å². The molecule has 0 rings (SSSR count). The van der Waals surface area contributed by atoms with Crippen molar-refractivity contribution >= 4 is 17.9 Å². The fourth-order valence-corrected chi connectivity index (χ4v) is 7.84. The molecule has 0 amide bonds. The van der Waals surface area contributed by atoms with Crippen molar-refractivity contribution in [3.8, 4) is 0 Å². The Balaban J connectivity index is 4.48. The largest absolute Gasteiger partial charge is 0.462 e. The molecule has 0 spiro atoms. The highest BCUT2D eigenvalue weighted by atomic mass is 16.6. The quantitative estimate of drug-likeness (QED) is 0.0262. The molecule has 0 aliphatic carbocycles. The highest BCUT2D eigenvalue weighted by Crippen LogP contribution is 2.14. The number of carbonyl (C=O) groups excluding carboxylic acids is 3. The van der Waals surface area contributed by atoms with E-state index in [1.54, 1.807) is 0 Å². The fourth-order valence-electron chi connectivity index (χ4n) is 7.84. The van der Waals surface area contributed by atoms with E-state index in [1.165, 1.54) is 161 Å². The minimum atomic E-state index is -0.803. The van der Waals surface area contributed by atoms with Crippen LogP contribution in [0.5, 0.6) is 0 Å². The Bertz CT molecular complexity index is 1260. The molecule has 0 saturated heterocycles. The summed E-state index contributed by atoms with van der Waals surface area (Å²) in [4.78, 5) is 38.1. The predicted molar refractivity (Wildman–Crippen MR) is 288 cm³/mol. The van der Waals surface area contributed by atoms with Crippen LogP contribution in [0.1, 0.15) is 278 Å². The van der Waals surface area contributed by atoms with Gasteiger partial charge in [-0.2, -0.15) is 0 Å². The molecule has 0 unspecified atom stereocenters. The van der Waals surface area contributed by atoms with Gasteiger partial charge in [-0.15, -0.1) is 0 Å². The summed E-state index contributed by atoms with van der Waals surface area (Å²) in [6.07, 6.45) is 70.3. The Hall–Kier alpha value is -3.15. The van der Waals surface area contributed by atoms with Crippen molar-refractivity contribution in [1.82, 2.24) is 0 Å². The number of esters is 3. The molecule has 0 aromatic carbocycles. The molecule has 0 radical (unpaired) electrons. The van der Waals surface area contributed by atoms with Gasteiger partial charge in [0, 0.05) is 19.3 Å². The smallest absolute Gasteiger partial charge is 0.306 e. The lowest BCUT2D eigenvalue weighted by atomic mass is 10.1. The zero-order valence-electron chi connectivity index (χ0n) is 44.2. The number of carbonyl (C=O) groups is 3. The van der Waals surface area contributed by atoms with Gasteiger partial charge in [-0.1, -0.05) is 222 Å². The highest BCUT2D eigenvalue weighted by Gasteiger charge is 2.19. The van der Waals surface area contributed by atoms with Gasteiger partial charge in [-0.05, 0) is 109 Å². The Labute approximate surface area is 414 Å². The number of rotatable bonds is 51. The van der Waals surface area contributed by atoms with Crippen molar-refractivity contribution in [2.45, 2.75) is 284 Å². The minimum absolute atomic E-state index is 0.0978. The third-order valence-corrected chi connectivity index (χ3v) is 12.2. The van der Waals surface area contributed by atoms with Gasteiger partial charge in [0.25, 0.3) is 0 Å². The van der Waals surface area contributed by atoms with Crippen molar-refractivity contribution in [2.24, 2.45) is 0 Å². The minimum Gasteiger partial charge on any atom is -0.462 e. The summed E-state index contributed by atoms with van der Waals surface area (Å²) in [7, 11) is 0. The maximum Gasteiger partial charge on any atom is 0.306 e. The first kappa shape index (κ1) is 63.8. The van der Waals surface area contributed by atoms with Crippen molar-refractivity contribution < 1.29 is 28.6 Å². The monoisotopic (exact) mass is 935 g/mol. The van der Waals surface area contributed by atoms with Crippen LogP contribution in [-0.4, -0.2) is 37.2 Å². The summed E-state index contributed by atoms with van der Waals surface area (Å²) < 4.78 is 16.8. The molecule has 67 heavy (non-hydrogen) atoms. The first-order valence-electron chi connectivity index (χ1n) is 28.4. The Morgan fingerprint density at radius 2 is 0.552 bits per heavy atom. The first-order valence-corrected chi connectivity index (χ1v) is 28.4. The summed E-state index contributed by atoms with van der Waals surface area (Å²) in [5, 5.41) is 0. The molecule has 6 heteroatoms. The summed E-state index contributed by atoms with van der Waals surface area (Å²) in [6.45, 7) is 6.56. The molecule has 0 aromatic heterocycles. The van der Waals surface area contributed by atoms with Gasteiger partial charge in [0.1, 0.15) is 13.2 Å². The Kier molecular flexibility index (Phi) is 52.8. The normalized spacial score (nSPS) is 12.6. The second-order valence-corrected chi connectivity index (χ2v) is 18.8. The molecule has 0 bridgehead atoms. The standard InChI is InChI=1S/C61H106O6/c1-4-7-10-13-16-19-22-25-28-30-33-36-39-42-45-48-51-54-60(63)66-57-58(56-65-59(62)53-50-47-44-41-38-35-32-27-24-21-18-15-12-9-6-3)67-61(64)55-52-49-46-43-40-37-34-31-29-26-23-20-17-14-11-8-5-2/h16,19,25-29,32-33,36,42,45,58H,4-15,17-18,20-24,30-31,34-35,37-41,43-44,46-57H2,1-3H3/b19-16-,28-25-,29-26-,32-27-,36-33-,45-42-/t58-/m1/s1. The van der Waals surface area contributed by atoms with Gasteiger partial charge in [-0.3, -0.25) is 14.4 Å². The molecule has 0 N–H and O–H groups in total. The fraction of sp³-hybridized carbons (Fsp3) is 0.754. The van der Waals surface area contributed by atoms with Crippen LogP contribution in [0.3, 0.4) is 0 Å². The van der Waals surface area contributed by atoms with E-state index < -0.39 is 6.10 Å². The molecule has 386 valence electrons. The second-order valence-electron chi connectivity index (χ2n) is 18.8. The van der Waals surface area contributed by atoms with Crippen molar-refractivity contribution in [1.29, 1.82) is 0 Å². The van der Waals surface area contributed by atoms with E-state index in [9.17, 15) is 14.4 Å². The van der Waals surface area contributed by atoms with E-state index in [0.717, 1.165) is 70.6 Å². The van der Waals surface area contributed by atoms with E-state index in [1.807, 2.05) is 0 Å². The molecule has 0 aliphatic rings. The van der Waals surface area contributed by atoms with Crippen LogP contribution in [0, 0.1) is 0 Å². The zero-order valence-corrected chi connectivity index (χ0v) is 44.2. The van der Waals surface area contributed by atoms with Crippen LogP contribution >= 0.6 is 0 Å². The average molecular weight is 936 g/mol. The van der Waals surface area contributed by atoms with Crippen LogP contribution in [-0.2, 0) is 28.6 Å². The van der Waals surface area contributed by atoms with Gasteiger partial charge in [0.05, 0.1) is 0 Å². The maximum atomic E-state index is 12.8. The molecule has 0 fully saturated rings. The summed E-state index contributed by atoms with van der Waals surface area (Å²) in [6, 6.07) is 0. The van der Waals surface area contributed by atoms with Gasteiger partial charge >= 0.3 is 17.9 Å². The number of unbranched alkanes of at least 4 members (excludes halogenated alkanes) is 28. The van der Waals surface area contributed by atoms with E-state index >= 15 is 0 Å². The third kappa shape index (κ3) is 53.7. The van der Waals surface area contributed by atoms with Crippen LogP contribution in [0.25, 0.3) is 0 Å². The highest BCUT2D eigenvalue weighted by molar-refractivity contribution is 5.71. The molecule has 0 aromatic rings. The number of ether oxygens (including phenoxy) is 3. The number of hydrogen-bond donors (Lipinski definition) is 0. The van der Waals surface area contributed by atoms with Crippen molar-refractivity contribution in [3.05, 3.63) is 72.9 Å². The Morgan fingerprint density at radius 3 is 0.940 bits per heavy atom. The first-order chi connectivity index (χ1) is 33.0. The van der Waals surface area contributed by atoms with Crippen molar-refractivity contribution in [2.75, 3.05) is 13.2 Å². The van der Waals surface area contributed by atoms with Crippen LogP contribution < -0.4 is 0 Å². The van der Waals surface area contributed by atoms with E-state index in [0.29, 0.717) is 19.3 Å². The second kappa shape index (κ2) is 55.4. The number of hydrogen-bond acceptors (Lipinski definition) is 6. The summed E-state index contributed by atoms with van der Waals surface area (Å²) in [5.41, 5.74) is 0. The SMILES string of the molecule is CCCCC/C=C\C/C=C\C/C=C\C/C=C\CCCC(=O)OC[C@@H](COC(=O)CCCCCCC/C=C\CCCCCCCC)OC(=O)CCCCCCCCC/C=C\CCCCCCCC. The van der Waals surface area contributed by atoms with E-state index in [2.05, 4.69) is 93.7 Å². The van der Waals surface area contributed by atoms with Gasteiger partial charge in [-0.25, -0.2) is 0 Å². The molecule has 1 atom stereocenters. The molecule has 0 heterocycles. The molecule has 6 nitrogen and oxygen atoms in total. The lowest BCUT2D eigenvalue weighted by Gasteiger charge is -2.18. The van der Waals surface area contributed by atoms with E-state index in [-0.39, 0.29) is 37.5 Å². The molecule has 0 aliphatic heterocycles. The maximum absolute atomic E-state index is 12.8. The Morgan fingerprint density at radius 1 is 0.299 bits per heavy atom. The van der Waals surface area contributed by atoms with Crippen LogP contribution in [0.2, 0.25) is 0 Å². The molecular formula is C61H106O6. The van der Waals surface area contributed by atoms with E-state index in [4.69, 9.17) is 14.2 Å². The average Bonchev–Trinajstić information content (AvgIpc) is 3.33. The van der Waals surface area contributed by atoms with Gasteiger partial charge in [0.2, 0.25) is 0 Å². The van der Waals surface area contributed by atoms with Crippen molar-refractivity contribution in [3.63, 3.8) is 0 Å². The lowest BCUT2D eigenvalue weighted by molar-refractivity contribution is -0.167. The zero-order chi connectivity index (χ0) is 48.6. The third-order valence-electron chi connectivity index (χ3n) is 12.2. The molecular weight excluding hydrogens is 829 g/mol. The van der Waals surface area contributed by atoms with Gasteiger partial charge in [0.15, 0.2) is 6.10 Å². The lowest BCUT2D eigenvalue weighted by Crippen LogP contribution is -2.30.